The summed E-state index contributed by atoms with van der Waals surface area (Å²) in [5.74, 6) is -3.87. The van der Waals surface area contributed by atoms with E-state index < -0.39 is 37.4 Å². The molecule has 0 bridgehead atoms. The number of rotatable bonds is 11. The summed E-state index contributed by atoms with van der Waals surface area (Å²) in [6.07, 6.45) is 0.939. The van der Waals surface area contributed by atoms with Crippen LogP contribution in [0.1, 0.15) is 0 Å². The molecule has 0 radical (unpaired) electrons. The van der Waals surface area contributed by atoms with Crippen LogP contribution in [-0.2, 0) is 14.2 Å². The number of hydrogen-bond donors (Lipinski definition) is 6. The lowest BCUT2D eigenvalue weighted by Crippen LogP contribution is -2.44. The van der Waals surface area contributed by atoms with Crippen LogP contribution in [0.2, 0.25) is 0 Å². The van der Waals surface area contributed by atoms with Crippen LogP contribution in [0.4, 0.5) is 0 Å². The molecule has 9 nitrogen and oxygen atoms in total. The molecule has 0 aromatic heterocycles. The van der Waals surface area contributed by atoms with Crippen molar-refractivity contribution in [3.63, 3.8) is 0 Å². The van der Waals surface area contributed by atoms with Crippen molar-refractivity contribution in [2.24, 2.45) is 5.73 Å². The summed E-state index contributed by atoms with van der Waals surface area (Å²) in [6, 6.07) is -2.28. The highest BCUT2D eigenvalue weighted by Gasteiger charge is 2.30. The summed E-state index contributed by atoms with van der Waals surface area (Å²) >= 11 is 0. The van der Waals surface area contributed by atoms with E-state index in [1.54, 1.807) is 0 Å². The molecular formula is C9H17N2O7PS2. The van der Waals surface area contributed by atoms with E-state index in [-0.39, 0.29) is 11.5 Å². The van der Waals surface area contributed by atoms with Crippen LogP contribution >= 0.6 is 29.2 Å². The monoisotopic (exact) mass is 360 g/mol. The normalized spacial score (nSPS) is 16.0. The second-order valence-electron chi connectivity index (χ2n) is 3.84. The third kappa shape index (κ3) is 8.47. The molecular weight excluding hydrogens is 343 g/mol. The zero-order chi connectivity index (χ0) is 16.6. The topological polar surface area (TPSA) is 170 Å². The quantitative estimate of drug-likeness (QED) is 0.122. The van der Waals surface area contributed by atoms with Gasteiger partial charge in [0, 0.05) is 11.5 Å². The summed E-state index contributed by atoms with van der Waals surface area (Å²) in [7, 11) is -2.44. The van der Waals surface area contributed by atoms with E-state index in [1.165, 1.54) is 0 Å². The maximum atomic E-state index is 11.1. The van der Waals surface area contributed by atoms with Gasteiger partial charge in [0.1, 0.15) is 17.9 Å². The van der Waals surface area contributed by atoms with Gasteiger partial charge in [0.05, 0.1) is 0 Å². The third-order valence-electron chi connectivity index (χ3n) is 2.14. The van der Waals surface area contributed by atoms with Gasteiger partial charge < -0.3 is 25.7 Å². The summed E-state index contributed by atoms with van der Waals surface area (Å²) in [4.78, 5) is 39.5. The van der Waals surface area contributed by atoms with Crippen molar-refractivity contribution in [1.29, 1.82) is 0 Å². The second kappa shape index (κ2) is 9.46. The fourth-order valence-electron chi connectivity index (χ4n) is 1.01. The van der Waals surface area contributed by atoms with Gasteiger partial charge in [-0.1, -0.05) is 27.7 Å². The van der Waals surface area contributed by atoms with E-state index in [1.807, 2.05) is 0 Å². The van der Waals surface area contributed by atoms with E-state index in [0.29, 0.717) is 0 Å². The zero-order valence-corrected chi connectivity index (χ0v) is 13.3. The summed E-state index contributed by atoms with van der Waals surface area (Å²) in [5, 5.41) is 19.8. The van der Waals surface area contributed by atoms with Gasteiger partial charge in [0.25, 0.3) is 0 Å². The predicted molar refractivity (Wildman–Crippen MR) is 81.1 cm³/mol. The fourth-order valence-corrected chi connectivity index (χ4v) is 3.94. The molecule has 21 heavy (non-hydrogen) atoms. The smallest absolute Gasteiger partial charge is 0.346 e. The Balaban J connectivity index is 4.39. The van der Waals surface area contributed by atoms with Crippen LogP contribution in [-0.4, -0.2) is 61.3 Å². The average Bonchev–Trinajstić information content (AvgIpc) is 2.35. The molecule has 0 aliphatic rings. The SMILES string of the molecule is C=CC(NC(CSSCC(N)C(=O)O)C(=O)O)P(=O)(O)O. The minimum atomic E-state index is -4.54. The van der Waals surface area contributed by atoms with Crippen LogP contribution in [0.5, 0.6) is 0 Å². The Hall–Kier alpha value is -0.550. The number of aliphatic carboxylic acids is 2. The van der Waals surface area contributed by atoms with Crippen LogP contribution < -0.4 is 11.1 Å². The average molecular weight is 360 g/mol. The zero-order valence-electron chi connectivity index (χ0n) is 10.8. The highest BCUT2D eigenvalue weighted by molar-refractivity contribution is 8.76. The summed E-state index contributed by atoms with van der Waals surface area (Å²) in [5.41, 5.74) is 5.27. The van der Waals surface area contributed by atoms with Crippen molar-refractivity contribution in [2.45, 2.75) is 17.9 Å². The minimum Gasteiger partial charge on any atom is -0.480 e. The first-order chi connectivity index (χ1) is 9.59. The van der Waals surface area contributed by atoms with Gasteiger partial charge in [-0.3, -0.25) is 19.5 Å². The lowest BCUT2D eigenvalue weighted by Gasteiger charge is -2.21. The van der Waals surface area contributed by atoms with Gasteiger partial charge in [-0.15, -0.1) is 6.58 Å². The molecule has 0 aromatic carbocycles. The van der Waals surface area contributed by atoms with Gasteiger partial charge in [0.15, 0.2) is 0 Å². The fraction of sp³-hybridized carbons (Fsp3) is 0.556. The van der Waals surface area contributed by atoms with E-state index in [4.69, 9.17) is 25.7 Å². The van der Waals surface area contributed by atoms with Crippen molar-refractivity contribution in [1.82, 2.24) is 5.32 Å². The molecule has 0 fully saturated rings. The van der Waals surface area contributed by atoms with Crippen molar-refractivity contribution in [2.75, 3.05) is 11.5 Å². The van der Waals surface area contributed by atoms with Crippen LogP contribution in [0.3, 0.4) is 0 Å². The Morgan fingerprint density at radius 3 is 2.14 bits per heavy atom. The standard InChI is InChI=1S/C9H17N2O7PS2/c1-2-7(19(16,17)18)11-6(9(14)15)4-21-20-3-5(10)8(12)13/h2,5-7,11H,1,3-4,10H2,(H,12,13)(H,14,15)(H2,16,17,18). The molecule has 122 valence electrons. The maximum Gasteiger partial charge on any atom is 0.346 e. The molecule has 12 heteroatoms. The largest absolute Gasteiger partial charge is 0.480 e. The van der Waals surface area contributed by atoms with Gasteiger partial charge in [-0.05, 0) is 0 Å². The number of carboxylic acid groups (broad SMARTS) is 2. The third-order valence-corrected chi connectivity index (χ3v) is 5.67. The first-order valence-electron chi connectivity index (χ1n) is 5.49. The van der Waals surface area contributed by atoms with E-state index >= 15 is 0 Å². The first kappa shape index (κ1) is 20.5. The number of carbonyl (C=O) groups is 2. The summed E-state index contributed by atoms with van der Waals surface area (Å²) < 4.78 is 11.1. The van der Waals surface area contributed by atoms with Crippen molar-refractivity contribution in [3.05, 3.63) is 12.7 Å². The van der Waals surface area contributed by atoms with Crippen LogP contribution in [0.15, 0.2) is 12.7 Å². The Labute approximate surface area is 128 Å². The molecule has 3 unspecified atom stereocenters. The van der Waals surface area contributed by atoms with Gasteiger partial charge in [-0.2, -0.15) is 0 Å². The lowest BCUT2D eigenvalue weighted by molar-refractivity contribution is -0.139. The summed E-state index contributed by atoms with van der Waals surface area (Å²) in [6.45, 7) is 3.24. The van der Waals surface area contributed by atoms with Crippen LogP contribution in [0, 0.1) is 0 Å². The molecule has 0 spiro atoms. The molecule has 0 heterocycles. The lowest BCUT2D eigenvalue weighted by atomic mass is 10.3. The molecule has 0 saturated carbocycles. The Kier molecular flexibility index (Phi) is 9.22. The molecule has 0 aromatic rings. The Morgan fingerprint density at radius 2 is 1.76 bits per heavy atom. The highest BCUT2D eigenvalue weighted by atomic mass is 33.1. The van der Waals surface area contributed by atoms with Crippen LogP contribution in [0.25, 0.3) is 0 Å². The maximum absolute atomic E-state index is 11.1. The van der Waals surface area contributed by atoms with Crippen molar-refractivity contribution >= 4 is 41.1 Å². The molecule has 0 saturated heterocycles. The first-order valence-corrected chi connectivity index (χ1v) is 9.66. The van der Waals surface area contributed by atoms with Crippen molar-refractivity contribution in [3.8, 4) is 0 Å². The Morgan fingerprint density at radius 1 is 1.24 bits per heavy atom. The van der Waals surface area contributed by atoms with Gasteiger partial charge in [0.2, 0.25) is 0 Å². The number of nitrogens with two attached hydrogens (primary N) is 1. The number of carboxylic acids is 2. The van der Waals surface area contributed by atoms with E-state index in [9.17, 15) is 14.2 Å². The van der Waals surface area contributed by atoms with E-state index in [0.717, 1.165) is 27.7 Å². The van der Waals surface area contributed by atoms with Gasteiger partial charge in [-0.25, -0.2) is 0 Å². The predicted octanol–water partition coefficient (Wildman–Crippen LogP) is -0.488. The minimum absolute atomic E-state index is 0.0311. The molecule has 0 aliphatic heterocycles. The number of hydrogen-bond acceptors (Lipinski definition) is 7. The molecule has 0 rings (SSSR count). The molecule has 3 atom stereocenters. The highest BCUT2D eigenvalue weighted by Crippen LogP contribution is 2.40. The van der Waals surface area contributed by atoms with E-state index in [2.05, 4.69) is 11.9 Å². The Bertz CT molecular complexity index is 430. The molecule has 7 N–H and O–H groups in total. The molecule has 0 amide bonds. The molecule has 0 aliphatic carbocycles. The number of nitrogens with one attached hydrogen (secondary N) is 1. The van der Waals surface area contributed by atoms with Gasteiger partial charge >= 0.3 is 19.5 Å². The second-order valence-corrected chi connectivity index (χ2v) is 8.13. The van der Waals surface area contributed by atoms with Crippen molar-refractivity contribution < 1.29 is 34.2 Å².